The molecule has 0 radical (unpaired) electrons. The quantitative estimate of drug-likeness (QED) is 0.792. The summed E-state index contributed by atoms with van der Waals surface area (Å²) >= 11 is 1.24. The van der Waals surface area contributed by atoms with Crippen molar-refractivity contribution in [3.63, 3.8) is 0 Å². The minimum atomic E-state index is -3.39. The average molecular weight is 385 g/mol. The predicted octanol–water partition coefficient (Wildman–Crippen LogP) is 3.30. The van der Waals surface area contributed by atoms with Gasteiger partial charge in [-0.15, -0.1) is 11.3 Å². The largest absolute Gasteiger partial charge is 0.353 e. The summed E-state index contributed by atoms with van der Waals surface area (Å²) in [4.78, 5) is 13.1. The van der Waals surface area contributed by atoms with Gasteiger partial charge in [-0.25, -0.2) is 8.42 Å². The van der Waals surface area contributed by atoms with Crippen molar-refractivity contribution in [2.24, 2.45) is 0 Å². The Balaban J connectivity index is 1.58. The van der Waals surface area contributed by atoms with Crippen LogP contribution in [0.4, 0.5) is 0 Å². The number of amides is 1. The molecule has 1 aromatic heterocycles. The number of piperidine rings is 1. The summed E-state index contributed by atoms with van der Waals surface area (Å²) in [6.07, 6.45) is 10.2. The van der Waals surface area contributed by atoms with Crippen molar-refractivity contribution in [1.82, 2.24) is 9.62 Å². The van der Waals surface area contributed by atoms with E-state index in [-0.39, 0.29) is 18.4 Å². The lowest BCUT2D eigenvalue weighted by molar-refractivity contribution is -0.121. The van der Waals surface area contributed by atoms with Crippen LogP contribution in [-0.2, 0) is 21.2 Å². The molecule has 1 amide bonds. The fourth-order valence-corrected chi connectivity index (χ4v) is 6.71. The normalized spacial score (nSPS) is 21.0. The Morgan fingerprint density at radius 1 is 1.04 bits per heavy atom. The summed E-state index contributed by atoms with van der Waals surface area (Å²) in [6, 6.07) is 3.73. The molecule has 1 aromatic rings. The number of carbonyl (C=O) groups is 1. The molecule has 1 aliphatic carbocycles. The van der Waals surface area contributed by atoms with Crippen LogP contribution in [0.25, 0.3) is 0 Å². The third-order valence-corrected chi connectivity index (χ3v) is 8.55. The van der Waals surface area contributed by atoms with Crippen molar-refractivity contribution >= 4 is 27.3 Å². The highest BCUT2D eigenvalue weighted by Crippen LogP contribution is 2.27. The van der Waals surface area contributed by atoms with E-state index in [1.807, 2.05) is 0 Å². The monoisotopic (exact) mass is 384 g/mol. The summed E-state index contributed by atoms with van der Waals surface area (Å²) in [5, 5.41) is 3.13. The van der Waals surface area contributed by atoms with Crippen LogP contribution in [0.3, 0.4) is 0 Å². The van der Waals surface area contributed by atoms with Crippen LogP contribution in [0.5, 0.6) is 0 Å². The van der Waals surface area contributed by atoms with Gasteiger partial charge in [0.2, 0.25) is 5.91 Å². The number of hydrogen-bond acceptors (Lipinski definition) is 4. The number of thiophene rings is 1. The smallest absolute Gasteiger partial charge is 0.252 e. The Kier molecular flexibility index (Phi) is 6.52. The number of rotatable bonds is 5. The number of sulfonamides is 1. The van der Waals surface area contributed by atoms with Crippen LogP contribution in [-0.4, -0.2) is 37.8 Å². The zero-order chi connectivity index (χ0) is 17.7. The molecule has 0 unspecified atom stereocenters. The first kappa shape index (κ1) is 18.9. The van der Waals surface area contributed by atoms with E-state index in [0.717, 1.165) is 37.0 Å². The van der Waals surface area contributed by atoms with Gasteiger partial charge in [0.05, 0.1) is 6.42 Å². The average Bonchev–Trinajstić information content (AvgIpc) is 2.93. The van der Waals surface area contributed by atoms with E-state index in [4.69, 9.17) is 0 Å². The number of carbonyl (C=O) groups excluding carboxylic acids is 1. The molecule has 1 saturated carbocycles. The Labute approximate surface area is 154 Å². The first-order valence-corrected chi connectivity index (χ1v) is 11.7. The zero-order valence-corrected chi connectivity index (χ0v) is 16.3. The second kappa shape index (κ2) is 8.64. The van der Waals surface area contributed by atoms with Crippen molar-refractivity contribution in [3.8, 4) is 0 Å². The van der Waals surface area contributed by atoms with Gasteiger partial charge in [0.1, 0.15) is 4.21 Å². The minimum absolute atomic E-state index is 0.00988. The maximum Gasteiger partial charge on any atom is 0.252 e. The van der Waals surface area contributed by atoms with Gasteiger partial charge in [0.15, 0.2) is 0 Å². The molecule has 2 heterocycles. The Morgan fingerprint density at radius 3 is 2.36 bits per heavy atom. The van der Waals surface area contributed by atoms with Crippen LogP contribution < -0.4 is 5.32 Å². The van der Waals surface area contributed by atoms with Crippen molar-refractivity contribution in [1.29, 1.82) is 0 Å². The molecule has 7 heteroatoms. The summed E-state index contributed by atoms with van der Waals surface area (Å²) in [6.45, 7) is 1.22. The van der Waals surface area contributed by atoms with Gasteiger partial charge < -0.3 is 5.32 Å². The van der Waals surface area contributed by atoms with Gasteiger partial charge in [0, 0.05) is 24.0 Å². The molecule has 140 valence electrons. The summed E-state index contributed by atoms with van der Waals surface area (Å²) in [5.74, 6) is 0.00988. The summed E-state index contributed by atoms with van der Waals surface area (Å²) in [5.41, 5.74) is 0. The van der Waals surface area contributed by atoms with Crippen LogP contribution in [0.15, 0.2) is 16.3 Å². The van der Waals surface area contributed by atoms with E-state index in [2.05, 4.69) is 5.32 Å². The SMILES string of the molecule is O=C(Cc1ccc(S(=O)(=O)N2CCCCC2)s1)NC1CCCCCC1. The van der Waals surface area contributed by atoms with E-state index in [0.29, 0.717) is 17.3 Å². The third kappa shape index (κ3) is 5.05. The van der Waals surface area contributed by atoms with Crippen molar-refractivity contribution in [3.05, 3.63) is 17.0 Å². The van der Waals surface area contributed by atoms with Gasteiger partial charge in [-0.2, -0.15) is 4.31 Å². The summed E-state index contributed by atoms with van der Waals surface area (Å²) in [7, 11) is -3.39. The van der Waals surface area contributed by atoms with Crippen LogP contribution in [0.2, 0.25) is 0 Å². The Morgan fingerprint density at radius 2 is 1.68 bits per heavy atom. The molecular formula is C18H28N2O3S2. The second-order valence-corrected chi connectivity index (χ2v) is 10.5. The van der Waals surface area contributed by atoms with Crippen LogP contribution >= 0.6 is 11.3 Å². The molecule has 3 rings (SSSR count). The highest BCUT2D eigenvalue weighted by atomic mass is 32.2. The standard InChI is InChI=1S/C18H28N2O3S2/c21-17(19-15-8-4-1-2-5-9-15)14-16-10-11-18(24-16)25(22,23)20-12-6-3-7-13-20/h10-11,15H,1-9,12-14H2,(H,19,21). The van der Waals surface area contributed by atoms with E-state index >= 15 is 0 Å². The number of hydrogen-bond donors (Lipinski definition) is 1. The highest BCUT2D eigenvalue weighted by Gasteiger charge is 2.27. The fourth-order valence-electron chi connectivity index (χ4n) is 3.69. The molecule has 0 spiro atoms. The van der Waals surface area contributed by atoms with Gasteiger partial charge in [-0.1, -0.05) is 32.1 Å². The van der Waals surface area contributed by atoms with Gasteiger partial charge in [-0.05, 0) is 37.8 Å². The topological polar surface area (TPSA) is 66.5 Å². The van der Waals surface area contributed by atoms with Gasteiger partial charge in [-0.3, -0.25) is 4.79 Å². The lowest BCUT2D eigenvalue weighted by Gasteiger charge is -2.25. The Bertz CT molecular complexity index is 670. The number of nitrogens with zero attached hydrogens (tertiary/aromatic N) is 1. The van der Waals surface area contributed by atoms with Gasteiger partial charge >= 0.3 is 0 Å². The maximum absolute atomic E-state index is 12.7. The van der Waals surface area contributed by atoms with Crippen molar-refractivity contribution < 1.29 is 13.2 Å². The zero-order valence-electron chi connectivity index (χ0n) is 14.7. The molecule has 5 nitrogen and oxygen atoms in total. The van der Waals surface area contributed by atoms with E-state index in [9.17, 15) is 13.2 Å². The lowest BCUT2D eigenvalue weighted by Crippen LogP contribution is -2.35. The van der Waals surface area contributed by atoms with E-state index < -0.39 is 10.0 Å². The molecule has 0 bridgehead atoms. The third-order valence-electron chi connectivity index (χ3n) is 5.10. The van der Waals surface area contributed by atoms with Crippen LogP contribution in [0.1, 0.15) is 62.7 Å². The lowest BCUT2D eigenvalue weighted by atomic mass is 10.1. The summed E-state index contributed by atoms with van der Waals surface area (Å²) < 4.78 is 27.3. The molecule has 1 saturated heterocycles. The molecule has 1 N–H and O–H groups in total. The van der Waals surface area contributed by atoms with Crippen LogP contribution in [0, 0.1) is 0 Å². The van der Waals surface area contributed by atoms with Crippen molar-refractivity contribution in [2.45, 2.75) is 74.5 Å². The molecule has 25 heavy (non-hydrogen) atoms. The molecule has 0 atom stereocenters. The van der Waals surface area contributed by atoms with E-state index in [1.165, 1.54) is 37.0 Å². The molecule has 2 fully saturated rings. The van der Waals surface area contributed by atoms with Gasteiger partial charge in [0.25, 0.3) is 10.0 Å². The molecule has 1 aliphatic heterocycles. The Hall–Kier alpha value is -0.920. The highest BCUT2D eigenvalue weighted by molar-refractivity contribution is 7.91. The maximum atomic E-state index is 12.7. The van der Waals surface area contributed by atoms with E-state index in [1.54, 1.807) is 16.4 Å². The first-order chi connectivity index (χ1) is 12.1. The minimum Gasteiger partial charge on any atom is -0.353 e. The predicted molar refractivity (Wildman–Crippen MR) is 100 cm³/mol. The first-order valence-electron chi connectivity index (χ1n) is 9.44. The fraction of sp³-hybridized carbons (Fsp3) is 0.722. The number of nitrogens with one attached hydrogen (secondary N) is 1. The molecule has 0 aromatic carbocycles. The van der Waals surface area contributed by atoms with Crippen molar-refractivity contribution in [2.75, 3.05) is 13.1 Å². The second-order valence-electron chi connectivity index (χ2n) is 7.12. The molecule has 2 aliphatic rings. The molecular weight excluding hydrogens is 356 g/mol.